The molecule has 0 heterocycles. The molecule has 56 valence electrons. The van der Waals surface area contributed by atoms with E-state index in [1.165, 1.54) is 0 Å². The standard InChI is InChI=1S/C4H11NO3S/c1-2-8-3-4-9(5,6)7/h2-4H2,1H3,(H2,5,6,7). The Morgan fingerprint density at radius 3 is 2.44 bits per heavy atom. The molecule has 0 bridgehead atoms. The van der Waals surface area contributed by atoms with Gasteiger partial charge in [-0.05, 0) is 6.92 Å². The van der Waals surface area contributed by atoms with Crippen LogP contribution in [0.1, 0.15) is 6.92 Å². The van der Waals surface area contributed by atoms with E-state index in [4.69, 9.17) is 4.74 Å². The van der Waals surface area contributed by atoms with Crippen LogP contribution in [0.4, 0.5) is 0 Å². The van der Waals surface area contributed by atoms with Crippen LogP contribution in [0.2, 0.25) is 0 Å². The van der Waals surface area contributed by atoms with Gasteiger partial charge in [0.15, 0.2) is 0 Å². The molecule has 0 atom stereocenters. The Morgan fingerprint density at radius 2 is 2.11 bits per heavy atom. The second-order valence-corrected chi connectivity index (χ2v) is 3.30. The first kappa shape index (κ1) is 8.87. The first-order valence-electron chi connectivity index (χ1n) is 2.64. The SMILES string of the molecule is CCOCCS(N)(=O)=O. The predicted octanol–water partition coefficient (Wildman–Crippen LogP) is -0.689. The molecule has 5 heteroatoms. The van der Waals surface area contributed by atoms with Crippen molar-refractivity contribution in [3.63, 3.8) is 0 Å². The molecule has 0 fully saturated rings. The molecule has 0 aliphatic heterocycles. The molecule has 0 unspecified atom stereocenters. The van der Waals surface area contributed by atoms with Gasteiger partial charge in [0.25, 0.3) is 0 Å². The second-order valence-electron chi connectivity index (χ2n) is 1.56. The van der Waals surface area contributed by atoms with Crippen LogP contribution < -0.4 is 5.14 Å². The van der Waals surface area contributed by atoms with Crippen molar-refractivity contribution in [1.82, 2.24) is 0 Å². The highest BCUT2D eigenvalue weighted by Crippen LogP contribution is 1.78. The summed E-state index contributed by atoms with van der Waals surface area (Å²) < 4.78 is 25.2. The van der Waals surface area contributed by atoms with Crippen LogP contribution in [0.15, 0.2) is 0 Å². The molecule has 0 aromatic heterocycles. The zero-order valence-corrected chi connectivity index (χ0v) is 6.15. The molecular weight excluding hydrogens is 142 g/mol. The van der Waals surface area contributed by atoms with Gasteiger partial charge in [0.1, 0.15) is 0 Å². The predicted molar refractivity (Wildman–Crippen MR) is 34.5 cm³/mol. The normalized spacial score (nSPS) is 11.8. The Hall–Kier alpha value is -0.130. The van der Waals surface area contributed by atoms with E-state index in [9.17, 15) is 8.42 Å². The van der Waals surface area contributed by atoms with Crippen molar-refractivity contribution in [2.45, 2.75) is 6.92 Å². The van der Waals surface area contributed by atoms with Gasteiger partial charge in [0, 0.05) is 6.61 Å². The summed E-state index contributed by atoms with van der Waals surface area (Å²) in [5, 5.41) is 4.67. The van der Waals surface area contributed by atoms with Gasteiger partial charge in [-0.1, -0.05) is 0 Å². The molecule has 0 aromatic carbocycles. The number of primary sulfonamides is 1. The Kier molecular flexibility index (Phi) is 3.76. The van der Waals surface area contributed by atoms with Gasteiger partial charge >= 0.3 is 0 Å². The summed E-state index contributed by atoms with van der Waals surface area (Å²) in [7, 11) is -3.32. The summed E-state index contributed by atoms with van der Waals surface area (Å²) in [5.41, 5.74) is 0. The molecule has 0 amide bonds. The lowest BCUT2D eigenvalue weighted by Gasteiger charge is -1.96. The van der Waals surface area contributed by atoms with Crippen molar-refractivity contribution < 1.29 is 13.2 Å². The number of hydrogen-bond acceptors (Lipinski definition) is 3. The van der Waals surface area contributed by atoms with Gasteiger partial charge in [-0.2, -0.15) is 0 Å². The third kappa shape index (κ3) is 7.87. The molecule has 9 heavy (non-hydrogen) atoms. The minimum Gasteiger partial charge on any atom is -0.381 e. The largest absolute Gasteiger partial charge is 0.381 e. The smallest absolute Gasteiger partial charge is 0.211 e. The van der Waals surface area contributed by atoms with Gasteiger partial charge in [-0.3, -0.25) is 0 Å². The van der Waals surface area contributed by atoms with E-state index in [1.54, 1.807) is 6.92 Å². The zero-order valence-electron chi connectivity index (χ0n) is 5.33. The third-order valence-corrected chi connectivity index (χ3v) is 1.45. The molecule has 0 radical (unpaired) electrons. The van der Waals surface area contributed by atoms with Crippen molar-refractivity contribution in [3.05, 3.63) is 0 Å². The van der Waals surface area contributed by atoms with Crippen LogP contribution in [-0.2, 0) is 14.8 Å². The van der Waals surface area contributed by atoms with Crippen molar-refractivity contribution in [2.75, 3.05) is 19.0 Å². The Morgan fingerprint density at radius 1 is 1.56 bits per heavy atom. The van der Waals surface area contributed by atoms with Crippen molar-refractivity contribution in [3.8, 4) is 0 Å². The molecule has 0 saturated heterocycles. The highest BCUT2D eigenvalue weighted by atomic mass is 32.2. The number of sulfonamides is 1. The van der Waals surface area contributed by atoms with E-state index in [2.05, 4.69) is 5.14 Å². The van der Waals surface area contributed by atoms with E-state index >= 15 is 0 Å². The lowest BCUT2D eigenvalue weighted by Crippen LogP contribution is -2.20. The fourth-order valence-corrected chi connectivity index (χ4v) is 0.670. The maximum atomic E-state index is 10.2. The first-order valence-corrected chi connectivity index (χ1v) is 4.36. The van der Waals surface area contributed by atoms with E-state index in [0.29, 0.717) is 6.61 Å². The van der Waals surface area contributed by atoms with Crippen LogP contribution >= 0.6 is 0 Å². The lowest BCUT2D eigenvalue weighted by molar-refractivity contribution is 0.163. The third-order valence-electron chi connectivity index (χ3n) is 0.716. The quantitative estimate of drug-likeness (QED) is 0.543. The average Bonchev–Trinajstić information content (AvgIpc) is 1.63. The van der Waals surface area contributed by atoms with E-state index in [0.717, 1.165) is 0 Å². The molecule has 4 nitrogen and oxygen atoms in total. The van der Waals surface area contributed by atoms with Crippen LogP contribution in [-0.4, -0.2) is 27.4 Å². The fraction of sp³-hybridized carbons (Fsp3) is 1.00. The van der Waals surface area contributed by atoms with Gasteiger partial charge in [0.2, 0.25) is 10.0 Å². The Bertz CT molecular complexity index is 151. The summed E-state index contributed by atoms with van der Waals surface area (Å²) in [4.78, 5) is 0. The molecular formula is C4H11NO3S. The second kappa shape index (κ2) is 3.81. The van der Waals surface area contributed by atoms with Crippen LogP contribution in [0.5, 0.6) is 0 Å². The van der Waals surface area contributed by atoms with Gasteiger partial charge in [-0.25, -0.2) is 13.6 Å². The van der Waals surface area contributed by atoms with Crippen LogP contribution in [0.25, 0.3) is 0 Å². The minimum absolute atomic E-state index is 0.0964. The zero-order chi connectivity index (χ0) is 7.33. The van der Waals surface area contributed by atoms with Crippen LogP contribution in [0.3, 0.4) is 0 Å². The molecule has 0 aromatic rings. The first-order chi connectivity index (χ1) is 4.06. The van der Waals surface area contributed by atoms with E-state index in [1.807, 2.05) is 0 Å². The lowest BCUT2D eigenvalue weighted by atomic mass is 10.8. The monoisotopic (exact) mass is 153 g/mol. The highest BCUT2D eigenvalue weighted by molar-refractivity contribution is 7.89. The molecule has 0 saturated carbocycles. The average molecular weight is 153 g/mol. The summed E-state index contributed by atoms with van der Waals surface area (Å²) >= 11 is 0. The number of nitrogens with two attached hydrogens (primary N) is 1. The summed E-state index contributed by atoms with van der Waals surface area (Å²) in [6, 6.07) is 0. The van der Waals surface area contributed by atoms with E-state index < -0.39 is 10.0 Å². The molecule has 0 aliphatic rings. The van der Waals surface area contributed by atoms with Gasteiger partial charge < -0.3 is 4.74 Å². The maximum absolute atomic E-state index is 10.2. The van der Waals surface area contributed by atoms with Crippen molar-refractivity contribution in [2.24, 2.45) is 5.14 Å². The Balaban J connectivity index is 3.30. The molecule has 0 rings (SSSR count). The summed E-state index contributed by atoms with van der Waals surface area (Å²) in [5.74, 6) is -0.0964. The van der Waals surface area contributed by atoms with Gasteiger partial charge in [0.05, 0.1) is 12.4 Å². The Labute approximate surface area is 55.0 Å². The highest BCUT2D eigenvalue weighted by Gasteiger charge is 1.99. The van der Waals surface area contributed by atoms with Crippen LogP contribution in [0, 0.1) is 0 Å². The van der Waals surface area contributed by atoms with Gasteiger partial charge in [-0.15, -0.1) is 0 Å². The molecule has 0 spiro atoms. The van der Waals surface area contributed by atoms with Crippen molar-refractivity contribution in [1.29, 1.82) is 0 Å². The number of rotatable bonds is 4. The number of hydrogen-bond donors (Lipinski definition) is 1. The fourth-order valence-electron chi connectivity index (χ4n) is 0.319. The molecule has 0 aliphatic carbocycles. The molecule has 2 N–H and O–H groups in total. The topological polar surface area (TPSA) is 69.4 Å². The maximum Gasteiger partial charge on any atom is 0.211 e. The van der Waals surface area contributed by atoms with E-state index in [-0.39, 0.29) is 12.4 Å². The number of ether oxygens (including phenoxy) is 1. The summed E-state index contributed by atoms with van der Waals surface area (Å²) in [6.07, 6.45) is 0. The minimum atomic E-state index is -3.32. The summed E-state index contributed by atoms with van der Waals surface area (Å²) in [6.45, 7) is 2.51. The van der Waals surface area contributed by atoms with Crippen molar-refractivity contribution >= 4 is 10.0 Å².